The molecule has 1 aliphatic carbocycles. The molecule has 0 saturated heterocycles. The van der Waals surface area contributed by atoms with Crippen LogP contribution in [0.25, 0.3) is 10.9 Å². The molecule has 4 rings (SSSR count). The predicted octanol–water partition coefficient (Wildman–Crippen LogP) is 2.75. The van der Waals surface area contributed by atoms with Crippen LogP contribution in [0.4, 0.5) is 11.4 Å². The fourth-order valence-corrected chi connectivity index (χ4v) is 3.37. The second kappa shape index (κ2) is 8.96. The number of nitrogens with zero attached hydrogens (tertiary/aromatic N) is 3. The van der Waals surface area contributed by atoms with E-state index in [0.717, 1.165) is 12.8 Å². The Hall–Kier alpha value is -4.08. The number of ether oxygens (including phenoxy) is 1. The van der Waals surface area contributed by atoms with E-state index in [1.807, 2.05) is 0 Å². The van der Waals surface area contributed by atoms with Crippen molar-refractivity contribution in [3.63, 3.8) is 0 Å². The Morgan fingerprint density at radius 1 is 1.16 bits per heavy atom. The number of para-hydroxylation sites is 1. The van der Waals surface area contributed by atoms with Crippen molar-refractivity contribution in [2.24, 2.45) is 0 Å². The minimum Gasteiger partial charge on any atom is -0.456 e. The molecule has 0 aliphatic heterocycles. The topological polar surface area (TPSA) is 133 Å². The van der Waals surface area contributed by atoms with E-state index in [1.54, 1.807) is 28.8 Å². The smallest absolute Gasteiger partial charge is 0.306 e. The minimum absolute atomic E-state index is 0.0255. The van der Waals surface area contributed by atoms with Gasteiger partial charge in [-0.05, 0) is 37.1 Å². The van der Waals surface area contributed by atoms with Crippen LogP contribution in [0.1, 0.15) is 31.1 Å². The van der Waals surface area contributed by atoms with Gasteiger partial charge >= 0.3 is 5.97 Å². The number of non-ortho nitro benzene ring substituents is 1. The number of hydrogen-bond donors (Lipinski definition) is 1. The van der Waals surface area contributed by atoms with Gasteiger partial charge < -0.3 is 10.1 Å². The average molecular weight is 436 g/mol. The molecule has 1 amide bonds. The van der Waals surface area contributed by atoms with Crippen LogP contribution in [0.3, 0.4) is 0 Å². The molecule has 1 aliphatic rings. The van der Waals surface area contributed by atoms with Crippen molar-refractivity contribution in [3.05, 3.63) is 74.8 Å². The number of aromatic nitrogens is 2. The molecule has 10 heteroatoms. The van der Waals surface area contributed by atoms with Crippen LogP contribution in [0.15, 0.2) is 53.3 Å². The number of esters is 1. The third-order valence-corrected chi connectivity index (χ3v) is 5.07. The van der Waals surface area contributed by atoms with E-state index in [0.29, 0.717) is 22.4 Å². The zero-order valence-corrected chi connectivity index (χ0v) is 17.0. The van der Waals surface area contributed by atoms with Gasteiger partial charge in [-0.25, -0.2) is 4.98 Å². The highest BCUT2D eigenvalue weighted by molar-refractivity contribution is 5.92. The Kier molecular flexibility index (Phi) is 5.93. The highest BCUT2D eigenvalue weighted by atomic mass is 16.6. The van der Waals surface area contributed by atoms with Gasteiger partial charge in [-0.2, -0.15) is 0 Å². The van der Waals surface area contributed by atoms with E-state index in [2.05, 4.69) is 10.3 Å². The number of benzene rings is 2. The number of fused-ring (bicyclic) bond motifs is 1. The number of nitro benzene ring substituents is 1. The van der Waals surface area contributed by atoms with Crippen LogP contribution in [-0.4, -0.2) is 33.0 Å². The van der Waals surface area contributed by atoms with Gasteiger partial charge in [0.15, 0.2) is 6.61 Å². The van der Waals surface area contributed by atoms with Crippen LogP contribution in [0, 0.1) is 10.1 Å². The molecule has 2 aromatic carbocycles. The Bertz CT molecular complexity index is 1250. The molecule has 0 radical (unpaired) electrons. The predicted molar refractivity (Wildman–Crippen MR) is 115 cm³/mol. The van der Waals surface area contributed by atoms with Gasteiger partial charge in [0.1, 0.15) is 5.82 Å². The summed E-state index contributed by atoms with van der Waals surface area (Å²) in [5.41, 5.74) is 0.732. The molecule has 164 valence electrons. The fraction of sp³-hybridized carbons (Fsp3) is 0.273. The maximum Gasteiger partial charge on any atom is 0.306 e. The molecular weight excluding hydrogens is 416 g/mol. The monoisotopic (exact) mass is 436 g/mol. The van der Waals surface area contributed by atoms with Gasteiger partial charge in [0, 0.05) is 30.3 Å². The average Bonchev–Trinajstić information content (AvgIpc) is 3.62. The summed E-state index contributed by atoms with van der Waals surface area (Å²) in [4.78, 5) is 51.6. The molecule has 1 aromatic heterocycles. The first kappa shape index (κ1) is 21.2. The van der Waals surface area contributed by atoms with Gasteiger partial charge in [-0.15, -0.1) is 0 Å². The number of rotatable bonds is 8. The molecule has 0 spiro atoms. The highest BCUT2D eigenvalue weighted by Gasteiger charge is 2.28. The zero-order chi connectivity index (χ0) is 22.7. The Labute approximate surface area is 182 Å². The van der Waals surface area contributed by atoms with Crippen molar-refractivity contribution in [2.75, 3.05) is 11.9 Å². The van der Waals surface area contributed by atoms with Crippen molar-refractivity contribution in [3.8, 4) is 0 Å². The summed E-state index contributed by atoms with van der Waals surface area (Å²) < 4.78 is 6.68. The maximum absolute atomic E-state index is 12.8. The van der Waals surface area contributed by atoms with Crippen LogP contribution < -0.4 is 10.9 Å². The number of carbonyl (C=O) groups excluding carboxylic acids is 2. The van der Waals surface area contributed by atoms with E-state index < -0.39 is 23.4 Å². The van der Waals surface area contributed by atoms with Gasteiger partial charge in [0.2, 0.25) is 0 Å². The van der Waals surface area contributed by atoms with Crippen LogP contribution in [0.2, 0.25) is 0 Å². The van der Waals surface area contributed by atoms with Crippen molar-refractivity contribution in [1.82, 2.24) is 9.55 Å². The van der Waals surface area contributed by atoms with Crippen LogP contribution >= 0.6 is 0 Å². The number of nitro groups is 1. The lowest BCUT2D eigenvalue weighted by molar-refractivity contribution is -0.384. The number of anilines is 1. The lowest BCUT2D eigenvalue weighted by Gasteiger charge is -2.12. The lowest BCUT2D eigenvalue weighted by Crippen LogP contribution is -2.25. The zero-order valence-electron chi connectivity index (χ0n) is 17.0. The third-order valence-electron chi connectivity index (χ3n) is 5.07. The molecule has 0 bridgehead atoms. The summed E-state index contributed by atoms with van der Waals surface area (Å²) >= 11 is 0. The van der Waals surface area contributed by atoms with Crippen molar-refractivity contribution in [2.45, 2.75) is 31.7 Å². The van der Waals surface area contributed by atoms with Gasteiger partial charge in [0.05, 0.1) is 22.2 Å². The maximum atomic E-state index is 12.8. The standard InChI is InChI=1S/C22H20N4O6/c27-20(23-14-5-7-16(8-6-14)26(30)31)13-32-21(28)12-11-19-24-18-4-2-1-3-17(18)22(29)25(19)15-9-10-15/h1-8,15H,9-13H2,(H,23,27). The van der Waals surface area contributed by atoms with Crippen LogP contribution in [-0.2, 0) is 20.7 Å². The molecule has 1 heterocycles. The second-order valence-electron chi connectivity index (χ2n) is 7.46. The lowest BCUT2D eigenvalue weighted by atomic mass is 10.2. The van der Waals surface area contributed by atoms with E-state index in [-0.39, 0.29) is 30.1 Å². The molecule has 10 nitrogen and oxygen atoms in total. The molecular formula is C22H20N4O6. The van der Waals surface area contributed by atoms with Crippen molar-refractivity contribution < 1.29 is 19.2 Å². The number of nitrogens with one attached hydrogen (secondary N) is 1. The second-order valence-corrected chi connectivity index (χ2v) is 7.46. The number of carbonyl (C=O) groups is 2. The minimum atomic E-state index is -0.589. The first-order valence-electron chi connectivity index (χ1n) is 10.1. The van der Waals surface area contributed by atoms with Crippen molar-refractivity contribution >= 4 is 34.2 Å². The third kappa shape index (κ3) is 4.80. The van der Waals surface area contributed by atoms with E-state index in [1.165, 1.54) is 24.3 Å². The summed E-state index contributed by atoms with van der Waals surface area (Å²) in [5, 5.41) is 13.7. The quantitative estimate of drug-likeness (QED) is 0.326. The summed E-state index contributed by atoms with van der Waals surface area (Å²) in [6, 6.07) is 12.5. The molecule has 0 atom stereocenters. The van der Waals surface area contributed by atoms with E-state index in [4.69, 9.17) is 4.74 Å². The highest BCUT2D eigenvalue weighted by Crippen LogP contribution is 2.34. The first-order chi connectivity index (χ1) is 15.4. The number of hydrogen-bond acceptors (Lipinski definition) is 7. The normalized spacial score (nSPS) is 13.0. The van der Waals surface area contributed by atoms with Crippen LogP contribution in [0.5, 0.6) is 0 Å². The molecule has 0 unspecified atom stereocenters. The summed E-state index contributed by atoms with van der Waals surface area (Å²) in [6.45, 7) is -0.490. The summed E-state index contributed by atoms with van der Waals surface area (Å²) in [7, 11) is 0. The Morgan fingerprint density at radius 2 is 1.88 bits per heavy atom. The molecule has 1 fully saturated rings. The first-order valence-corrected chi connectivity index (χ1v) is 10.1. The van der Waals surface area contributed by atoms with Crippen molar-refractivity contribution in [1.29, 1.82) is 0 Å². The number of amides is 1. The molecule has 32 heavy (non-hydrogen) atoms. The SMILES string of the molecule is O=C(COC(=O)CCc1nc2ccccc2c(=O)n1C1CC1)Nc1ccc([N+](=O)[O-])cc1. The fourth-order valence-electron chi connectivity index (χ4n) is 3.37. The van der Waals surface area contributed by atoms with E-state index >= 15 is 0 Å². The molecule has 1 N–H and O–H groups in total. The summed E-state index contributed by atoms with van der Waals surface area (Å²) in [6.07, 6.45) is 2.00. The molecule has 1 saturated carbocycles. The largest absolute Gasteiger partial charge is 0.456 e. The van der Waals surface area contributed by atoms with E-state index in [9.17, 15) is 24.5 Å². The van der Waals surface area contributed by atoms with Gasteiger partial charge in [0.25, 0.3) is 17.2 Å². The van der Waals surface area contributed by atoms with Gasteiger partial charge in [-0.1, -0.05) is 12.1 Å². The number of aryl methyl sites for hydroxylation is 1. The summed E-state index contributed by atoms with van der Waals surface area (Å²) in [5.74, 6) is -0.622. The Morgan fingerprint density at radius 3 is 2.56 bits per heavy atom. The Balaban J connectivity index is 1.33. The molecule has 3 aromatic rings. The van der Waals surface area contributed by atoms with Gasteiger partial charge in [-0.3, -0.25) is 29.1 Å².